The van der Waals surface area contributed by atoms with Crippen molar-refractivity contribution in [3.05, 3.63) is 23.8 Å². The van der Waals surface area contributed by atoms with E-state index in [0.717, 1.165) is 31.7 Å². The molecule has 1 aromatic rings. The molecule has 0 bridgehead atoms. The number of carbonyl (C=O) groups is 2. The second-order valence-corrected chi connectivity index (χ2v) is 12.1. The van der Waals surface area contributed by atoms with Gasteiger partial charge in [0.25, 0.3) is 10.0 Å². The minimum Gasteiger partial charge on any atom is -0.352 e. The molecule has 38 heavy (non-hydrogen) atoms. The number of sulfonamides is 1. The maximum atomic E-state index is 14.3. The minimum atomic E-state index is -4.80. The van der Waals surface area contributed by atoms with Crippen LogP contribution in [0.1, 0.15) is 58.8 Å². The molecule has 3 aliphatic rings. The highest BCUT2D eigenvalue weighted by molar-refractivity contribution is 7.90. The van der Waals surface area contributed by atoms with Gasteiger partial charge in [0, 0.05) is 30.6 Å². The fourth-order valence-corrected chi connectivity index (χ4v) is 7.43. The van der Waals surface area contributed by atoms with E-state index in [-0.39, 0.29) is 28.0 Å². The summed E-state index contributed by atoms with van der Waals surface area (Å²) in [5.74, 6) is -3.87. The summed E-state index contributed by atoms with van der Waals surface area (Å²) in [6.45, 7) is 3.40. The Morgan fingerprint density at radius 2 is 1.87 bits per heavy atom. The van der Waals surface area contributed by atoms with Gasteiger partial charge in [-0.25, -0.2) is 26.3 Å². The first-order valence-corrected chi connectivity index (χ1v) is 14.5. The van der Waals surface area contributed by atoms with Crippen LogP contribution in [0.3, 0.4) is 0 Å². The third-order valence-electron chi connectivity index (χ3n) is 7.94. The van der Waals surface area contributed by atoms with Crippen molar-refractivity contribution in [1.82, 2.24) is 19.8 Å². The lowest BCUT2D eigenvalue weighted by atomic mass is 9.86. The van der Waals surface area contributed by atoms with Gasteiger partial charge in [0.1, 0.15) is 11.4 Å². The van der Waals surface area contributed by atoms with E-state index in [0.29, 0.717) is 12.6 Å². The quantitative estimate of drug-likeness (QED) is 0.511. The number of fused-ring (bicyclic) bond motifs is 1. The standard InChI is InChI=1S/C25H34F2N6O4S/c1-15(18-13-29-21(12-28)33(16(18)2)17-8-6-4-3-5-7-9-17)30-22(34)14-32-25(35)31-20-11-10-19(26)23(27)24(20)38(32,36)37/h10-11,15-18,21,29H,3-9,13-14H2,1-2H3,(H,30,34)(H,31,35)/t15-,16?,18?,21?/m1/s1. The highest BCUT2D eigenvalue weighted by Crippen LogP contribution is 2.34. The zero-order valence-corrected chi connectivity index (χ0v) is 22.4. The van der Waals surface area contributed by atoms with E-state index in [1.165, 1.54) is 19.3 Å². The van der Waals surface area contributed by atoms with Crippen molar-refractivity contribution in [3.63, 3.8) is 0 Å². The first-order chi connectivity index (χ1) is 18.1. The van der Waals surface area contributed by atoms with E-state index in [4.69, 9.17) is 0 Å². The molecule has 2 fully saturated rings. The van der Waals surface area contributed by atoms with Crippen LogP contribution >= 0.6 is 0 Å². The highest BCUT2D eigenvalue weighted by Gasteiger charge is 2.43. The van der Waals surface area contributed by atoms with Crippen LogP contribution in [-0.4, -0.2) is 66.9 Å². The molecule has 4 atom stereocenters. The largest absolute Gasteiger partial charge is 0.352 e. The fraction of sp³-hybridized carbons (Fsp3) is 0.640. The summed E-state index contributed by atoms with van der Waals surface area (Å²) < 4.78 is 54.1. The molecule has 0 spiro atoms. The van der Waals surface area contributed by atoms with Gasteiger partial charge in [0.05, 0.1) is 11.8 Å². The molecule has 0 aromatic heterocycles. The molecule has 2 aliphatic heterocycles. The van der Waals surface area contributed by atoms with Crippen LogP contribution in [0, 0.1) is 28.9 Å². The number of nitrogens with one attached hydrogen (secondary N) is 3. The van der Waals surface area contributed by atoms with Crippen molar-refractivity contribution in [3.8, 4) is 6.07 Å². The number of carbonyl (C=O) groups excluding carboxylic acids is 2. The third-order valence-corrected chi connectivity index (χ3v) is 9.73. The molecule has 208 valence electrons. The second kappa shape index (κ2) is 11.5. The van der Waals surface area contributed by atoms with E-state index in [1.54, 1.807) is 6.92 Å². The molecular formula is C25H34F2N6O4S. The van der Waals surface area contributed by atoms with Gasteiger partial charge >= 0.3 is 6.03 Å². The summed E-state index contributed by atoms with van der Waals surface area (Å²) >= 11 is 0. The smallest absolute Gasteiger partial charge is 0.336 e. The molecule has 1 aliphatic carbocycles. The SMILES string of the molecule is CC1C([C@@H](C)NC(=O)CN2C(=O)Nc3ccc(F)c(F)c3S2(=O)=O)CNC(C#N)N1C1CCCCCCC1. The monoisotopic (exact) mass is 552 g/mol. The van der Waals surface area contributed by atoms with Gasteiger partial charge < -0.3 is 10.6 Å². The first-order valence-electron chi connectivity index (χ1n) is 13.1. The van der Waals surface area contributed by atoms with Gasteiger partial charge in [-0.1, -0.05) is 32.1 Å². The van der Waals surface area contributed by atoms with Gasteiger partial charge in [-0.2, -0.15) is 5.26 Å². The molecule has 0 radical (unpaired) electrons. The molecule has 1 aromatic carbocycles. The molecule has 10 nitrogen and oxygen atoms in total. The second-order valence-electron chi connectivity index (χ2n) is 10.3. The molecule has 3 unspecified atom stereocenters. The Hall–Kier alpha value is -2.82. The summed E-state index contributed by atoms with van der Waals surface area (Å²) in [5.41, 5.74) is -0.387. The number of rotatable bonds is 5. The summed E-state index contributed by atoms with van der Waals surface area (Å²) in [6, 6.07) is 2.65. The van der Waals surface area contributed by atoms with Gasteiger partial charge in [-0.3, -0.25) is 15.0 Å². The van der Waals surface area contributed by atoms with Crippen LogP contribution in [0.2, 0.25) is 0 Å². The van der Waals surface area contributed by atoms with Gasteiger partial charge in [0.2, 0.25) is 5.91 Å². The van der Waals surface area contributed by atoms with Crippen molar-refractivity contribution in [2.24, 2.45) is 5.92 Å². The number of benzene rings is 1. The number of halogens is 2. The predicted molar refractivity (Wildman–Crippen MR) is 135 cm³/mol. The molecule has 3 N–H and O–H groups in total. The van der Waals surface area contributed by atoms with E-state index in [9.17, 15) is 32.0 Å². The van der Waals surface area contributed by atoms with Gasteiger partial charge in [-0.05, 0) is 38.8 Å². The van der Waals surface area contributed by atoms with Crippen LogP contribution in [-0.2, 0) is 14.8 Å². The van der Waals surface area contributed by atoms with Gasteiger partial charge in [-0.15, -0.1) is 0 Å². The highest BCUT2D eigenvalue weighted by atomic mass is 32.2. The van der Waals surface area contributed by atoms with Crippen molar-refractivity contribution >= 4 is 27.6 Å². The van der Waals surface area contributed by atoms with Crippen molar-refractivity contribution in [1.29, 1.82) is 5.26 Å². The number of urea groups is 1. The Labute approximate surface area is 221 Å². The van der Waals surface area contributed by atoms with Crippen LogP contribution in [0.4, 0.5) is 19.3 Å². The fourth-order valence-electron chi connectivity index (χ4n) is 5.94. The molecule has 2 heterocycles. The Morgan fingerprint density at radius 1 is 1.21 bits per heavy atom. The summed E-state index contributed by atoms with van der Waals surface area (Å²) in [6.07, 6.45) is 7.33. The lowest BCUT2D eigenvalue weighted by Crippen LogP contribution is -2.65. The maximum absolute atomic E-state index is 14.3. The van der Waals surface area contributed by atoms with E-state index < -0.39 is 57.2 Å². The van der Waals surface area contributed by atoms with Crippen LogP contribution in [0.15, 0.2) is 17.0 Å². The average molecular weight is 553 g/mol. The molecule has 1 saturated heterocycles. The first kappa shape index (κ1) is 28.2. The number of hydrogen-bond donors (Lipinski definition) is 3. The van der Waals surface area contributed by atoms with E-state index in [1.807, 2.05) is 6.92 Å². The minimum absolute atomic E-state index is 0.0495. The Bertz CT molecular complexity index is 1210. The topological polar surface area (TPSA) is 135 Å². The number of hydrogen-bond acceptors (Lipinski definition) is 7. The Balaban J connectivity index is 1.46. The molecule has 4 rings (SSSR count). The third kappa shape index (κ3) is 5.48. The molecule has 1 saturated carbocycles. The Kier molecular flexibility index (Phi) is 8.54. The van der Waals surface area contributed by atoms with Crippen LogP contribution in [0.25, 0.3) is 0 Å². The summed E-state index contributed by atoms with van der Waals surface area (Å²) in [5, 5.41) is 18.0. The molecule has 3 amide bonds. The van der Waals surface area contributed by atoms with Crippen LogP contribution < -0.4 is 16.0 Å². The number of nitrogens with zero attached hydrogens (tertiary/aromatic N) is 3. The number of nitriles is 1. The molecular weight excluding hydrogens is 518 g/mol. The van der Waals surface area contributed by atoms with E-state index in [2.05, 4.69) is 26.9 Å². The lowest BCUT2D eigenvalue weighted by Gasteiger charge is -2.49. The predicted octanol–water partition coefficient (Wildman–Crippen LogP) is 2.88. The van der Waals surface area contributed by atoms with Crippen LogP contribution in [0.5, 0.6) is 0 Å². The normalized spacial score (nSPS) is 27.3. The molecule has 13 heteroatoms. The summed E-state index contributed by atoms with van der Waals surface area (Å²) in [4.78, 5) is 26.6. The zero-order chi connectivity index (χ0) is 27.6. The Morgan fingerprint density at radius 3 is 2.53 bits per heavy atom. The lowest BCUT2D eigenvalue weighted by molar-refractivity contribution is -0.122. The number of anilines is 1. The number of amides is 3. The maximum Gasteiger partial charge on any atom is 0.336 e. The van der Waals surface area contributed by atoms with Crippen molar-refractivity contribution < 1.29 is 26.8 Å². The van der Waals surface area contributed by atoms with E-state index >= 15 is 0 Å². The average Bonchev–Trinajstić information content (AvgIpc) is 2.84. The summed E-state index contributed by atoms with van der Waals surface area (Å²) in [7, 11) is -4.80. The zero-order valence-electron chi connectivity index (χ0n) is 21.5. The van der Waals surface area contributed by atoms with Crippen molar-refractivity contribution in [2.45, 2.75) is 88.0 Å². The van der Waals surface area contributed by atoms with Gasteiger partial charge in [0.15, 0.2) is 17.8 Å². The van der Waals surface area contributed by atoms with Crippen molar-refractivity contribution in [2.75, 3.05) is 18.4 Å².